The van der Waals surface area contributed by atoms with E-state index in [1.807, 2.05) is 6.07 Å². The summed E-state index contributed by atoms with van der Waals surface area (Å²) in [6.45, 7) is 0. The van der Waals surface area contributed by atoms with Crippen LogP contribution < -0.4 is 0 Å². The highest BCUT2D eigenvalue weighted by Gasteiger charge is 2.26. The minimum atomic E-state index is 0.884. The molecule has 0 unspecified atom stereocenters. The molecule has 0 aliphatic heterocycles. The number of para-hydroxylation sites is 2. The van der Waals surface area contributed by atoms with Gasteiger partial charge in [-0.2, -0.15) is 0 Å². The first kappa shape index (κ1) is 30.9. The van der Waals surface area contributed by atoms with Gasteiger partial charge in [0.25, 0.3) is 0 Å². The summed E-state index contributed by atoms with van der Waals surface area (Å²) < 4.78 is 9.46. The van der Waals surface area contributed by atoms with Gasteiger partial charge in [0.05, 0.1) is 22.4 Å². The predicted molar refractivity (Wildman–Crippen MR) is 235 cm³/mol. The molecule has 0 saturated heterocycles. The molecule has 12 rings (SSSR count). The van der Waals surface area contributed by atoms with E-state index in [4.69, 9.17) is 9.40 Å². The minimum absolute atomic E-state index is 0.884. The van der Waals surface area contributed by atoms with E-state index in [-0.39, 0.29) is 0 Å². The zero-order valence-corrected chi connectivity index (χ0v) is 30.3. The van der Waals surface area contributed by atoms with E-state index >= 15 is 0 Å². The van der Waals surface area contributed by atoms with Crippen LogP contribution in [0, 0.1) is 0 Å². The Labute approximate surface area is 322 Å². The van der Waals surface area contributed by atoms with Gasteiger partial charge in [0.2, 0.25) is 0 Å². The van der Waals surface area contributed by atoms with Gasteiger partial charge in [0.1, 0.15) is 5.58 Å². The van der Waals surface area contributed by atoms with Crippen LogP contribution >= 0.6 is 0 Å². The molecule has 3 nitrogen and oxygen atoms in total. The number of pyridine rings is 1. The van der Waals surface area contributed by atoms with Gasteiger partial charge in [-0.3, -0.25) is 0 Å². The van der Waals surface area contributed by atoms with E-state index in [1.54, 1.807) is 0 Å². The van der Waals surface area contributed by atoms with Crippen molar-refractivity contribution in [3.63, 3.8) is 0 Å². The highest BCUT2D eigenvalue weighted by atomic mass is 16.3. The minimum Gasteiger partial charge on any atom is -0.454 e. The zero-order valence-electron chi connectivity index (χ0n) is 30.3. The number of aromatic nitrogens is 2. The fraction of sp³-hybridized carbons (Fsp3) is 0. The SMILES string of the molecule is c1ccc(-c2cc(-c3ccccc3)nc(-c3cccc(-n4c5ccccc5c5c6c7ccccc7c7ccccc7c6c6c7ccccc7oc6c54)c3)c2)cc1. The lowest BCUT2D eigenvalue weighted by atomic mass is 9.89. The normalized spacial score (nSPS) is 11.9. The van der Waals surface area contributed by atoms with Crippen LogP contribution in [0.4, 0.5) is 0 Å². The quantitative estimate of drug-likeness (QED) is 0.170. The Morgan fingerprint density at radius 3 is 1.61 bits per heavy atom. The Morgan fingerprint density at radius 1 is 0.357 bits per heavy atom. The molecular formula is C53H32N2O. The number of fused-ring (bicyclic) bond motifs is 15. The van der Waals surface area contributed by atoms with E-state index in [0.717, 1.165) is 72.3 Å². The first-order valence-corrected chi connectivity index (χ1v) is 19.1. The molecule has 0 atom stereocenters. The lowest BCUT2D eigenvalue weighted by Gasteiger charge is -2.15. The number of benzene rings is 9. The average molecular weight is 713 g/mol. The van der Waals surface area contributed by atoms with Crippen molar-refractivity contribution in [2.45, 2.75) is 0 Å². The summed E-state index contributed by atoms with van der Waals surface area (Å²) in [7, 11) is 0. The van der Waals surface area contributed by atoms with Crippen molar-refractivity contribution >= 4 is 76.1 Å². The molecule has 9 aromatic carbocycles. The first-order chi connectivity index (χ1) is 27.8. The van der Waals surface area contributed by atoms with Crippen LogP contribution in [0.25, 0.3) is 115 Å². The molecule has 0 saturated carbocycles. The molecule has 3 heteroatoms. The number of hydrogen-bond acceptors (Lipinski definition) is 2. The van der Waals surface area contributed by atoms with Crippen LogP contribution in [0.5, 0.6) is 0 Å². The smallest absolute Gasteiger partial charge is 0.160 e. The van der Waals surface area contributed by atoms with Crippen LogP contribution in [0.3, 0.4) is 0 Å². The Balaban J connectivity index is 1.22. The van der Waals surface area contributed by atoms with Crippen molar-refractivity contribution < 1.29 is 4.42 Å². The maximum absolute atomic E-state index is 7.04. The Morgan fingerprint density at radius 2 is 0.893 bits per heavy atom. The lowest BCUT2D eigenvalue weighted by Crippen LogP contribution is -1.96. The zero-order chi connectivity index (χ0) is 36.7. The Bertz CT molecular complexity index is 3460. The van der Waals surface area contributed by atoms with E-state index < -0.39 is 0 Å². The molecule has 3 heterocycles. The van der Waals surface area contributed by atoms with Crippen LogP contribution in [0.1, 0.15) is 0 Å². The summed E-state index contributed by atoms with van der Waals surface area (Å²) in [5, 5.41) is 12.1. The number of nitrogens with zero attached hydrogens (tertiary/aromatic N) is 2. The molecule has 0 N–H and O–H groups in total. The van der Waals surface area contributed by atoms with Gasteiger partial charge in [-0.05, 0) is 69.1 Å². The first-order valence-electron chi connectivity index (χ1n) is 19.1. The topological polar surface area (TPSA) is 31.0 Å². The summed E-state index contributed by atoms with van der Waals surface area (Å²) in [6.07, 6.45) is 0. The van der Waals surface area contributed by atoms with Crippen LogP contribution in [-0.4, -0.2) is 9.55 Å². The summed E-state index contributed by atoms with van der Waals surface area (Å²) in [5.74, 6) is 0. The van der Waals surface area contributed by atoms with Crippen LogP contribution in [0.2, 0.25) is 0 Å². The standard InChI is InChI=1S/C53H32N2O/c1-3-16-33(17-4-1)36-31-44(34-18-5-2-6-19-34)54-45(32-36)35-20-15-21-37(30-35)55-46-28-13-11-26-42(46)50-48-40-24-9-7-22-38(40)39-23-8-10-25-41(39)49(48)51-43-27-12-14-29-47(43)56-53(51)52(50)55/h1-32H. The second-order valence-corrected chi connectivity index (χ2v) is 14.6. The van der Waals surface area contributed by atoms with Crippen molar-refractivity contribution in [3.05, 3.63) is 194 Å². The van der Waals surface area contributed by atoms with E-state index in [0.29, 0.717) is 0 Å². The molecule has 260 valence electrons. The third-order valence-electron chi connectivity index (χ3n) is 11.5. The largest absolute Gasteiger partial charge is 0.454 e. The number of furan rings is 1. The van der Waals surface area contributed by atoms with E-state index in [2.05, 4.69) is 193 Å². The maximum atomic E-state index is 7.04. The molecule has 3 aromatic heterocycles. The fourth-order valence-electron chi connectivity index (χ4n) is 9.13. The second-order valence-electron chi connectivity index (χ2n) is 14.6. The monoisotopic (exact) mass is 712 g/mol. The van der Waals surface area contributed by atoms with Crippen molar-refractivity contribution in [3.8, 4) is 39.3 Å². The molecule has 0 aliphatic carbocycles. The molecule has 0 spiro atoms. The average Bonchev–Trinajstić information content (AvgIpc) is 3.84. The number of rotatable bonds is 4. The molecule has 0 fully saturated rings. The second kappa shape index (κ2) is 12.0. The lowest BCUT2D eigenvalue weighted by molar-refractivity contribution is 0.671. The molecule has 56 heavy (non-hydrogen) atoms. The van der Waals surface area contributed by atoms with Gasteiger partial charge < -0.3 is 8.98 Å². The van der Waals surface area contributed by atoms with Crippen molar-refractivity contribution in [1.82, 2.24) is 9.55 Å². The summed E-state index contributed by atoms with van der Waals surface area (Å²) in [4.78, 5) is 5.30. The molecule has 12 aromatic rings. The molecule has 0 aliphatic rings. The molecule has 0 amide bonds. The highest BCUT2D eigenvalue weighted by molar-refractivity contribution is 6.44. The van der Waals surface area contributed by atoms with Gasteiger partial charge in [-0.1, -0.05) is 158 Å². The van der Waals surface area contributed by atoms with Gasteiger partial charge in [0, 0.05) is 49.1 Å². The predicted octanol–water partition coefficient (Wildman–Crippen LogP) is 14.5. The Hall–Kier alpha value is -7.49. The fourth-order valence-corrected chi connectivity index (χ4v) is 9.13. The van der Waals surface area contributed by atoms with Crippen molar-refractivity contribution in [2.75, 3.05) is 0 Å². The van der Waals surface area contributed by atoms with Crippen LogP contribution in [0.15, 0.2) is 199 Å². The maximum Gasteiger partial charge on any atom is 0.160 e. The molecular weight excluding hydrogens is 681 g/mol. The molecule has 0 radical (unpaired) electrons. The van der Waals surface area contributed by atoms with Crippen LogP contribution in [-0.2, 0) is 0 Å². The third-order valence-corrected chi connectivity index (χ3v) is 11.5. The highest BCUT2D eigenvalue weighted by Crippen LogP contribution is 2.50. The van der Waals surface area contributed by atoms with Crippen molar-refractivity contribution in [1.29, 1.82) is 0 Å². The van der Waals surface area contributed by atoms with Gasteiger partial charge in [0.15, 0.2) is 5.58 Å². The summed E-state index contributed by atoms with van der Waals surface area (Å²) in [6, 6.07) is 69.3. The van der Waals surface area contributed by atoms with Gasteiger partial charge >= 0.3 is 0 Å². The number of hydrogen-bond donors (Lipinski definition) is 0. The van der Waals surface area contributed by atoms with E-state index in [1.165, 1.54) is 43.1 Å². The van der Waals surface area contributed by atoms with Crippen molar-refractivity contribution in [2.24, 2.45) is 0 Å². The molecule has 0 bridgehead atoms. The summed E-state index contributed by atoms with van der Waals surface area (Å²) >= 11 is 0. The Kier molecular flexibility index (Phi) is 6.63. The van der Waals surface area contributed by atoms with Gasteiger partial charge in [-0.25, -0.2) is 4.98 Å². The third kappa shape index (κ3) is 4.49. The van der Waals surface area contributed by atoms with E-state index in [9.17, 15) is 0 Å². The van der Waals surface area contributed by atoms with Gasteiger partial charge in [-0.15, -0.1) is 0 Å². The summed E-state index contributed by atoms with van der Waals surface area (Å²) in [5.41, 5.74) is 11.3.